The van der Waals surface area contributed by atoms with E-state index >= 15 is 0 Å². The molecule has 2 aromatic rings. The molecule has 7 nitrogen and oxygen atoms in total. The van der Waals surface area contributed by atoms with Crippen molar-refractivity contribution in [3.05, 3.63) is 40.8 Å². The summed E-state index contributed by atoms with van der Waals surface area (Å²) in [6, 6.07) is 5.81. The molecule has 28 heavy (non-hydrogen) atoms. The van der Waals surface area contributed by atoms with Crippen molar-refractivity contribution in [2.24, 2.45) is 4.99 Å². The summed E-state index contributed by atoms with van der Waals surface area (Å²) in [5, 5.41) is 10.8. The molecule has 0 amide bonds. The van der Waals surface area contributed by atoms with Gasteiger partial charge in [0.2, 0.25) is 0 Å². The molecule has 0 saturated carbocycles. The van der Waals surface area contributed by atoms with Gasteiger partial charge in [0.25, 0.3) is 0 Å². The van der Waals surface area contributed by atoms with Crippen molar-refractivity contribution < 1.29 is 14.0 Å². The lowest BCUT2D eigenvalue weighted by Gasteiger charge is -2.14. The first-order valence-electron chi connectivity index (χ1n) is 9.28. The number of nitrogens with zero attached hydrogens (tertiary/aromatic N) is 2. The quantitative estimate of drug-likeness (QED) is 0.311. The molecule has 0 aliphatic heterocycles. The number of rotatable bonds is 9. The third kappa shape index (κ3) is 6.29. The van der Waals surface area contributed by atoms with Gasteiger partial charge in [0.1, 0.15) is 17.3 Å². The van der Waals surface area contributed by atoms with E-state index in [-0.39, 0.29) is 24.0 Å². The zero-order chi connectivity index (χ0) is 19.6. The van der Waals surface area contributed by atoms with Crippen molar-refractivity contribution in [1.29, 1.82) is 0 Å². The number of guanidine groups is 1. The second-order valence-electron chi connectivity index (χ2n) is 6.02. The number of hydrogen-bond donors (Lipinski definition) is 2. The molecule has 0 unspecified atom stereocenters. The smallest absolute Gasteiger partial charge is 0.191 e. The van der Waals surface area contributed by atoms with Crippen LogP contribution < -0.4 is 20.1 Å². The molecule has 0 spiro atoms. The van der Waals surface area contributed by atoms with Gasteiger partial charge in [-0.1, -0.05) is 19.0 Å². The fraction of sp³-hybridized carbons (Fsp3) is 0.500. The van der Waals surface area contributed by atoms with Crippen LogP contribution in [-0.4, -0.2) is 38.9 Å². The molecule has 0 aliphatic rings. The van der Waals surface area contributed by atoms with Crippen molar-refractivity contribution in [2.75, 3.05) is 27.8 Å². The molecular formula is C20H31IN4O3. The molecule has 0 bridgehead atoms. The van der Waals surface area contributed by atoms with Crippen LogP contribution in [0.15, 0.2) is 27.7 Å². The van der Waals surface area contributed by atoms with E-state index in [9.17, 15) is 0 Å². The first kappa shape index (κ1) is 24.1. The number of nitrogens with one attached hydrogen (secondary N) is 2. The average molecular weight is 502 g/mol. The number of aryl methyl sites for hydroxylation is 2. The predicted octanol–water partition coefficient (Wildman–Crippen LogP) is 3.34. The Labute approximate surface area is 184 Å². The molecular weight excluding hydrogens is 471 g/mol. The number of ether oxygens (including phenoxy) is 2. The van der Waals surface area contributed by atoms with E-state index in [1.165, 1.54) is 0 Å². The molecule has 1 aromatic carbocycles. The normalized spacial score (nSPS) is 11.0. The largest absolute Gasteiger partial charge is 0.497 e. The zero-order valence-electron chi connectivity index (χ0n) is 17.3. The van der Waals surface area contributed by atoms with Gasteiger partial charge in [0.05, 0.1) is 19.9 Å². The minimum Gasteiger partial charge on any atom is -0.497 e. The van der Waals surface area contributed by atoms with E-state index in [0.717, 1.165) is 59.3 Å². The number of aliphatic imine (C=N–C) groups is 1. The van der Waals surface area contributed by atoms with E-state index in [0.29, 0.717) is 13.1 Å². The van der Waals surface area contributed by atoms with Crippen LogP contribution >= 0.6 is 24.0 Å². The molecule has 0 fully saturated rings. The Kier molecular flexibility index (Phi) is 10.7. The average Bonchev–Trinajstić information content (AvgIpc) is 3.12. The molecule has 1 aromatic heterocycles. The fourth-order valence-electron chi connectivity index (χ4n) is 2.92. The summed E-state index contributed by atoms with van der Waals surface area (Å²) in [5.74, 6) is 3.34. The zero-order valence-corrected chi connectivity index (χ0v) is 19.6. The molecule has 0 aliphatic carbocycles. The Balaban J connectivity index is 0.00000392. The van der Waals surface area contributed by atoms with E-state index in [1.54, 1.807) is 21.3 Å². The van der Waals surface area contributed by atoms with Crippen LogP contribution in [0.25, 0.3) is 0 Å². The van der Waals surface area contributed by atoms with Gasteiger partial charge in [-0.05, 0) is 36.6 Å². The molecule has 1 heterocycles. The molecule has 8 heteroatoms. The van der Waals surface area contributed by atoms with Crippen LogP contribution in [0, 0.1) is 0 Å². The second-order valence-corrected chi connectivity index (χ2v) is 6.02. The molecule has 0 saturated heterocycles. The van der Waals surface area contributed by atoms with Crippen LogP contribution in [-0.2, 0) is 25.8 Å². The van der Waals surface area contributed by atoms with Gasteiger partial charge < -0.3 is 24.6 Å². The Bertz CT molecular complexity index is 740. The third-order valence-electron chi connectivity index (χ3n) is 4.44. The highest BCUT2D eigenvalue weighted by Gasteiger charge is 2.13. The lowest BCUT2D eigenvalue weighted by molar-refractivity contribution is 0.380. The number of halogens is 1. The van der Waals surface area contributed by atoms with Gasteiger partial charge in [-0.15, -0.1) is 24.0 Å². The molecule has 156 valence electrons. The maximum absolute atomic E-state index is 5.43. The minimum absolute atomic E-state index is 0. The summed E-state index contributed by atoms with van der Waals surface area (Å²) in [4.78, 5) is 4.29. The highest BCUT2D eigenvalue weighted by atomic mass is 127. The van der Waals surface area contributed by atoms with Crippen LogP contribution in [0.1, 0.15) is 36.4 Å². The third-order valence-corrected chi connectivity index (χ3v) is 4.44. The summed E-state index contributed by atoms with van der Waals surface area (Å²) >= 11 is 0. The maximum atomic E-state index is 5.43. The van der Waals surface area contributed by atoms with Crippen LogP contribution in [0.4, 0.5) is 0 Å². The van der Waals surface area contributed by atoms with Crippen molar-refractivity contribution in [3.8, 4) is 11.5 Å². The first-order valence-corrected chi connectivity index (χ1v) is 9.28. The summed E-state index contributed by atoms with van der Waals surface area (Å²) in [6.45, 7) is 5.50. The topological polar surface area (TPSA) is 80.9 Å². The van der Waals surface area contributed by atoms with Crippen molar-refractivity contribution in [3.63, 3.8) is 0 Å². The number of hydrogen-bond acceptors (Lipinski definition) is 5. The molecule has 2 N–H and O–H groups in total. The Morgan fingerprint density at radius 2 is 1.93 bits per heavy atom. The summed E-state index contributed by atoms with van der Waals surface area (Å²) < 4.78 is 16.1. The lowest BCUT2D eigenvalue weighted by atomic mass is 10.1. The van der Waals surface area contributed by atoms with Gasteiger partial charge in [-0.3, -0.25) is 4.99 Å². The SMILES string of the molecule is CCc1noc(CC)c1CNC(=NC)NCCc1cc(OC)ccc1OC.I. The molecule has 0 atom stereocenters. The summed E-state index contributed by atoms with van der Waals surface area (Å²) in [5.41, 5.74) is 3.20. The number of methoxy groups -OCH3 is 2. The standard InChI is InChI=1S/C20H30N4O3.HI/c1-6-17-16(18(7-2)27-24-17)13-23-20(21-3)22-11-10-14-12-15(25-4)8-9-19(14)26-5;/h8-9,12H,6-7,10-11,13H2,1-5H3,(H2,21,22,23);1H. The maximum Gasteiger partial charge on any atom is 0.191 e. The van der Waals surface area contributed by atoms with Crippen molar-refractivity contribution in [1.82, 2.24) is 15.8 Å². The van der Waals surface area contributed by atoms with Crippen LogP contribution in [0.2, 0.25) is 0 Å². The van der Waals surface area contributed by atoms with Gasteiger partial charge in [-0.25, -0.2) is 0 Å². The second kappa shape index (κ2) is 12.5. The Hall–Kier alpha value is -1.97. The summed E-state index contributed by atoms with van der Waals surface area (Å²) in [7, 11) is 5.10. The highest BCUT2D eigenvalue weighted by Crippen LogP contribution is 2.24. The molecule has 0 radical (unpaired) electrons. The monoisotopic (exact) mass is 502 g/mol. The van der Waals surface area contributed by atoms with E-state index in [4.69, 9.17) is 14.0 Å². The van der Waals surface area contributed by atoms with Crippen LogP contribution in [0.5, 0.6) is 11.5 Å². The van der Waals surface area contributed by atoms with E-state index < -0.39 is 0 Å². The van der Waals surface area contributed by atoms with Crippen LogP contribution in [0.3, 0.4) is 0 Å². The minimum atomic E-state index is 0. The van der Waals surface area contributed by atoms with E-state index in [1.807, 2.05) is 18.2 Å². The lowest BCUT2D eigenvalue weighted by Crippen LogP contribution is -2.38. The van der Waals surface area contributed by atoms with Gasteiger partial charge in [0.15, 0.2) is 5.96 Å². The predicted molar refractivity (Wildman–Crippen MR) is 122 cm³/mol. The molecule has 2 rings (SSSR count). The highest BCUT2D eigenvalue weighted by molar-refractivity contribution is 14.0. The summed E-state index contributed by atoms with van der Waals surface area (Å²) in [6.07, 6.45) is 2.46. The van der Waals surface area contributed by atoms with Gasteiger partial charge in [0, 0.05) is 32.1 Å². The van der Waals surface area contributed by atoms with Crippen molar-refractivity contribution >= 4 is 29.9 Å². The van der Waals surface area contributed by atoms with Gasteiger partial charge >= 0.3 is 0 Å². The number of aromatic nitrogens is 1. The fourth-order valence-corrected chi connectivity index (χ4v) is 2.92. The van der Waals surface area contributed by atoms with Crippen molar-refractivity contribution in [2.45, 2.75) is 39.7 Å². The Morgan fingerprint density at radius 3 is 2.54 bits per heavy atom. The van der Waals surface area contributed by atoms with Gasteiger partial charge in [-0.2, -0.15) is 0 Å². The first-order chi connectivity index (χ1) is 13.2. The number of benzene rings is 1. The Morgan fingerprint density at radius 1 is 1.14 bits per heavy atom. The van der Waals surface area contributed by atoms with E-state index in [2.05, 4.69) is 34.6 Å².